The number of rotatable bonds is 4. The summed E-state index contributed by atoms with van der Waals surface area (Å²) < 4.78 is 0. The van der Waals surface area contributed by atoms with Gasteiger partial charge in [0.25, 0.3) is 0 Å². The van der Waals surface area contributed by atoms with E-state index >= 15 is 0 Å². The van der Waals surface area contributed by atoms with Crippen LogP contribution in [0.2, 0.25) is 0 Å². The number of fused-ring (bicyclic) bond motifs is 1. The number of anilines is 1. The minimum Gasteiger partial charge on any atom is -0.311 e. The summed E-state index contributed by atoms with van der Waals surface area (Å²) in [7, 11) is 0. The maximum absolute atomic E-state index is 12.6. The van der Waals surface area contributed by atoms with Crippen LogP contribution in [0.25, 0.3) is 0 Å². The van der Waals surface area contributed by atoms with E-state index in [0.29, 0.717) is 5.82 Å². The second-order valence-corrected chi connectivity index (χ2v) is 6.68. The molecule has 1 aliphatic heterocycles. The highest BCUT2D eigenvalue weighted by molar-refractivity contribution is 6.06. The molecule has 2 bridgehead atoms. The molecule has 5 rings (SSSR count). The second-order valence-electron chi connectivity index (χ2n) is 6.68. The molecule has 3 aliphatic carbocycles. The van der Waals surface area contributed by atoms with Crippen molar-refractivity contribution < 1.29 is 14.4 Å². The van der Waals surface area contributed by atoms with Crippen LogP contribution < -0.4 is 5.32 Å². The molecule has 1 aromatic heterocycles. The Morgan fingerprint density at radius 3 is 2.33 bits per heavy atom. The third-order valence-electron chi connectivity index (χ3n) is 5.35. The molecule has 0 unspecified atom stereocenters. The van der Waals surface area contributed by atoms with Gasteiger partial charge < -0.3 is 5.32 Å². The maximum Gasteiger partial charge on any atom is 0.233 e. The van der Waals surface area contributed by atoms with Gasteiger partial charge in [-0.15, -0.1) is 0 Å². The van der Waals surface area contributed by atoms with E-state index in [2.05, 4.69) is 22.5 Å². The summed E-state index contributed by atoms with van der Waals surface area (Å²) in [5, 5.41) is 2.68. The molecule has 1 saturated heterocycles. The lowest BCUT2D eigenvalue weighted by Crippen LogP contribution is -2.38. The molecule has 1 saturated carbocycles. The van der Waals surface area contributed by atoms with Crippen molar-refractivity contribution in [1.82, 2.24) is 9.88 Å². The van der Waals surface area contributed by atoms with Gasteiger partial charge in [0, 0.05) is 19.2 Å². The van der Waals surface area contributed by atoms with Crippen LogP contribution in [0.4, 0.5) is 5.82 Å². The van der Waals surface area contributed by atoms with Crippen molar-refractivity contribution >= 4 is 23.5 Å². The predicted molar refractivity (Wildman–Crippen MR) is 86.5 cm³/mol. The monoisotopic (exact) mass is 325 g/mol. The number of carbonyl (C=O) groups is 3. The van der Waals surface area contributed by atoms with Gasteiger partial charge in [-0.05, 0) is 36.8 Å². The first kappa shape index (κ1) is 15.1. The topological polar surface area (TPSA) is 79.4 Å². The predicted octanol–water partition coefficient (Wildman–Crippen LogP) is 1.61. The smallest absolute Gasteiger partial charge is 0.233 e. The van der Waals surface area contributed by atoms with E-state index in [-0.39, 0.29) is 54.4 Å². The van der Waals surface area contributed by atoms with E-state index < -0.39 is 0 Å². The lowest BCUT2D eigenvalue weighted by atomic mass is 9.63. The molecule has 0 radical (unpaired) electrons. The Bertz CT molecular complexity index is 683. The van der Waals surface area contributed by atoms with Crippen LogP contribution in [0, 0.1) is 23.7 Å². The molecule has 2 heterocycles. The van der Waals surface area contributed by atoms with E-state index in [1.807, 2.05) is 0 Å². The molecule has 1 aromatic rings. The van der Waals surface area contributed by atoms with E-state index in [1.54, 1.807) is 24.4 Å². The molecule has 6 nitrogen and oxygen atoms in total. The fourth-order valence-electron chi connectivity index (χ4n) is 4.21. The normalized spacial score (nSPS) is 30.6. The summed E-state index contributed by atoms with van der Waals surface area (Å²) in [5.74, 6) is -0.0278. The fourth-order valence-corrected chi connectivity index (χ4v) is 4.21. The summed E-state index contributed by atoms with van der Waals surface area (Å²) in [6.45, 7) is 0.142. The van der Waals surface area contributed by atoms with Gasteiger partial charge in [0.05, 0.1) is 11.8 Å². The minimum atomic E-state index is -0.245. The van der Waals surface area contributed by atoms with Crippen LogP contribution in [-0.4, -0.2) is 34.2 Å². The van der Waals surface area contributed by atoms with Crippen molar-refractivity contribution in [3.8, 4) is 0 Å². The second kappa shape index (κ2) is 5.85. The summed E-state index contributed by atoms with van der Waals surface area (Å²) in [4.78, 5) is 42.6. The number of allylic oxidation sites excluding steroid dienone is 2. The Labute approximate surface area is 139 Å². The van der Waals surface area contributed by atoms with Gasteiger partial charge in [0.1, 0.15) is 5.82 Å². The number of nitrogens with zero attached hydrogens (tertiary/aromatic N) is 2. The summed E-state index contributed by atoms with van der Waals surface area (Å²) in [6.07, 6.45) is 7.84. The maximum atomic E-state index is 12.6. The average Bonchev–Trinajstić information content (AvgIpc) is 2.88. The molecule has 1 N–H and O–H groups in total. The summed E-state index contributed by atoms with van der Waals surface area (Å²) >= 11 is 0. The number of aromatic nitrogens is 1. The van der Waals surface area contributed by atoms with Gasteiger partial charge in [-0.25, -0.2) is 4.98 Å². The van der Waals surface area contributed by atoms with Gasteiger partial charge in [0.15, 0.2) is 0 Å². The number of hydrogen-bond acceptors (Lipinski definition) is 4. The Morgan fingerprint density at radius 2 is 1.79 bits per heavy atom. The Balaban J connectivity index is 1.40. The number of carbonyl (C=O) groups excluding carboxylic acids is 3. The molecule has 124 valence electrons. The van der Waals surface area contributed by atoms with Crippen LogP contribution in [0.15, 0.2) is 36.5 Å². The molecular weight excluding hydrogens is 306 g/mol. The van der Waals surface area contributed by atoms with Crippen molar-refractivity contribution in [1.29, 1.82) is 0 Å². The van der Waals surface area contributed by atoms with E-state index in [0.717, 1.165) is 12.8 Å². The quantitative estimate of drug-likeness (QED) is 0.674. The lowest BCUT2D eigenvalue weighted by molar-refractivity contribution is -0.140. The van der Waals surface area contributed by atoms with Crippen LogP contribution >= 0.6 is 0 Å². The minimum absolute atomic E-state index is 0.0935. The van der Waals surface area contributed by atoms with Gasteiger partial charge >= 0.3 is 0 Å². The highest BCUT2D eigenvalue weighted by Gasteiger charge is 2.56. The number of imide groups is 1. The molecule has 4 aliphatic rings. The zero-order valence-electron chi connectivity index (χ0n) is 13.2. The van der Waals surface area contributed by atoms with Crippen LogP contribution in [0.3, 0.4) is 0 Å². The SMILES string of the molecule is O=C(CCN1C(=O)[C@@H]2[C@@H](C1=O)[C@H]1C=C[C@H]2CC1)Nc1ccccn1. The van der Waals surface area contributed by atoms with E-state index in [9.17, 15) is 14.4 Å². The van der Waals surface area contributed by atoms with Crippen molar-refractivity contribution in [3.63, 3.8) is 0 Å². The molecule has 24 heavy (non-hydrogen) atoms. The van der Waals surface area contributed by atoms with Crippen molar-refractivity contribution in [2.75, 3.05) is 11.9 Å². The number of nitrogens with one attached hydrogen (secondary N) is 1. The number of amides is 3. The van der Waals surface area contributed by atoms with Gasteiger partial charge in [0.2, 0.25) is 17.7 Å². The van der Waals surface area contributed by atoms with E-state index in [1.165, 1.54) is 4.90 Å². The Hall–Kier alpha value is -2.50. The van der Waals surface area contributed by atoms with Gasteiger partial charge in [-0.3, -0.25) is 19.3 Å². The lowest BCUT2D eigenvalue weighted by Gasteiger charge is -2.38. The molecule has 4 atom stereocenters. The summed E-state index contributed by atoms with van der Waals surface area (Å²) in [5.41, 5.74) is 0. The third-order valence-corrected chi connectivity index (χ3v) is 5.35. The third kappa shape index (κ3) is 2.42. The standard InChI is InChI=1S/C18H19N3O3/c22-14(20-13-3-1-2-9-19-13)8-10-21-17(23)15-11-4-5-12(7-6-11)16(15)18(21)24/h1-5,9,11-12,15-16H,6-8,10H2,(H,19,20,22)/t11-,12-,15-,16-/m0/s1. The fraction of sp³-hybridized carbons (Fsp3) is 0.444. The zero-order valence-corrected chi connectivity index (χ0v) is 13.2. The Morgan fingerprint density at radius 1 is 1.12 bits per heavy atom. The first-order valence-electron chi connectivity index (χ1n) is 8.39. The first-order chi connectivity index (χ1) is 11.6. The van der Waals surface area contributed by atoms with Crippen LogP contribution in [0.5, 0.6) is 0 Å². The van der Waals surface area contributed by atoms with Gasteiger partial charge in [-0.2, -0.15) is 0 Å². The van der Waals surface area contributed by atoms with Crippen molar-refractivity contribution in [2.45, 2.75) is 19.3 Å². The summed E-state index contributed by atoms with van der Waals surface area (Å²) in [6, 6.07) is 5.24. The van der Waals surface area contributed by atoms with Crippen LogP contribution in [0.1, 0.15) is 19.3 Å². The van der Waals surface area contributed by atoms with Crippen molar-refractivity contribution in [2.24, 2.45) is 23.7 Å². The highest BCUT2D eigenvalue weighted by Crippen LogP contribution is 2.49. The number of likely N-dealkylation sites (tertiary alicyclic amines) is 1. The molecule has 0 spiro atoms. The molecule has 3 amide bonds. The first-order valence-corrected chi connectivity index (χ1v) is 8.39. The van der Waals surface area contributed by atoms with Gasteiger partial charge in [-0.1, -0.05) is 18.2 Å². The average molecular weight is 325 g/mol. The van der Waals surface area contributed by atoms with Crippen molar-refractivity contribution in [3.05, 3.63) is 36.5 Å². The largest absolute Gasteiger partial charge is 0.311 e. The zero-order chi connectivity index (χ0) is 16.7. The molecule has 2 fully saturated rings. The number of pyridine rings is 1. The van der Waals surface area contributed by atoms with E-state index in [4.69, 9.17) is 0 Å². The molecule has 0 aromatic carbocycles. The molecule has 6 heteroatoms. The molecular formula is C18H19N3O3. The number of hydrogen-bond donors (Lipinski definition) is 1. The van der Waals surface area contributed by atoms with Crippen LogP contribution in [-0.2, 0) is 14.4 Å². The highest BCUT2D eigenvalue weighted by atomic mass is 16.2. The Kier molecular flexibility index (Phi) is 3.67.